The number of benzene rings is 1. The highest BCUT2D eigenvalue weighted by Crippen LogP contribution is 2.44. The molecule has 0 saturated heterocycles. The fraction of sp³-hybridized carbons (Fsp3) is 0.324. The Hall–Kier alpha value is -4.05. The smallest absolute Gasteiger partial charge is 0.223 e. The molecular formula is C37H37N3O+2. The van der Waals surface area contributed by atoms with E-state index < -0.39 is 0 Å². The van der Waals surface area contributed by atoms with Crippen LogP contribution in [0.3, 0.4) is 0 Å². The van der Waals surface area contributed by atoms with Gasteiger partial charge in [0.1, 0.15) is 11.3 Å². The molecule has 0 amide bonds. The second-order valence-corrected chi connectivity index (χ2v) is 13.1. The third-order valence-corrected chi connectivity index (χ3v) is 9.58. The quantitative estimate of drug-likeness (QED) is 0.189. The zero-order valence-corrected chi connectivity index (χ0v) is 24.2. The van der Waals surface area contributed by atoms with Gasteiger partial charge in [-0.25, -0.2) is 0 Å². The van der Waals surface area contributed by atoms with Crippen molar-refractivity contribution in [1.82, 2.24) is 4.98 Å². The lowest BCUT2D eigenvalue weighted by atomic mass is 9.78. The van der Waals surface area contributed by atoms with Gasteiger partial charge in [0.15, 0.2) is 30.2 Å². The number of aromatic nitrogens is 3. The summed E-state index contributed by atoms with van der Waals surface area (Å²) in [7, 11) is 0. The molecule has 204 valence electrons. The Kier molecular flexibility index (Phi) is 5.57. The summed E-state index contributed by atoms with van der Waals surface area (Å²) in [6.45, 7) is 6.85. The number of furan rings is 1. The van der Waals surface area contributed by atoms with Gasteiger partial charge >= 0.3 is 0 Å². The minimum Gasteiger partial charge on any atom is -0.460 e. The second kappa shape index (κ2) is 9.24. The Labute approximate surface area is 242 Å². The average Bonchev–Trinajstić information content (AvgIpc) is 3.37. The molecule has 0 spiro atoms. The van der Waals surface area contributed by atoms with Gasteiger partial charge in [-0.05, 0) is 60.9 Å². The molecule has 8 rings (SSSR count). The molecule has 1 aliphatic carbocycles. The molecule has 2 atom stereocenters. The molecule has 4 aromatic heterocycles. The van der Waals surface area contributed by atoms with E-state index in [1.807, 2.05) is 0 Å². The molecule has 2 unspecified atom stereocenters. The van der Waals surface area contributed by atoms with Gasteiger partial charge in [-0.15, -0.1) is 0 Å². The molecule has 4 heteroatoms. The highest BCUT2D eigenvalue weighted by molar-refractivity contribution is 5.94. The minimum absolute atomic E-state index is 0.0514. The summed E-state index contributed by atoms with van der Waals surface area (Å²) in [6, 6.07) is 20.4. The summed E-state index contributed by atoms with van der Waals surface area (Å²) in [4.78, 5) is 5.28. The molecule has 0 bridgehead atoms. The van der Waals surface area contributed by atoms with Gasteiger partial charge in [0.2, 0.25) is 11.4 Å². The van der Waals surface area contributed by atoms with Gasteiger partial charge in [-0.1, -0.05) is 39.0 Å². The molecule has 5 aromatic rings. The predicted octanol–water partition coefficient (Wildman–Crippen LogP) is 7.67. The minimum atomic E-state index is 0.0514. The van der Waals surface area contributed by atoms with Crippen molar-refractivity contribution in [2.75, 3.05) is 0 Å². The van der Waals surface area contributed by atoms with Crippen molar-refractivity contribution in [2.45, 2.75) is 76.7 Å². The lowest BCUT2D eigenvalue weighted by Crippen LogP contribution is -2.48. The molecule has 6 heterocycles. The molecular weight excluding hydrogens is 502 g/mol. The highest BCUT2D eigenvalue weighted by Gasteiger charge is 2.41. The molecule has 1 aromatic carbocycles. The summed E-state index contributed by atoms with van der Waals surface area (Å²) in [5.41, 5.74) is 11.2. The number of hydrogen-bond acceptors (Lipinski definition) is 2. The van der Waals surface area contributed by atoms with Gasteiger partial charge in [-0.3, -0.25) is 4.98 Å². The molecule has 3 aliphatic rings. The topological polar surface area (TPSA) is 33.8 Å². The van der Waals surface area contributed by atoms with Crippen molar-refractivity contribution in [2.24, 2.45) is 0 Å². The van der Waals surface area contributed by atoms with E-state index in [2.05, 4.69) is 115 Å². The predicted molar refractivity (Wildman–Crippen MR) is 162 cm³/mol. The van der Waals surface area contributed by atoms with Crippen molar-refractivity contribution in [3.8, 4) is 22.5 Å². The van der Waals surface area contributed by atoms with Crippen LogP contribution in [0.25, 0.3) is 39.7 Å². The Balaban J connectivity index is 1.41. The van der Waals surface area contributed by atoms with Crippen molar-refractivity contribution in [1.29, 1.82) is 0 Å². The third-order valence-electron chi connectivity index (χ3n) is 9.58. The van der Waals surface area contributed by atoms with Crippen LogP contribution in [0.4, 0.5) is 0 Å². The standard InChI is InChI=1S/C37H37N3O/c1-37(2,3)24-17-18-32-35-30(38-22-29-28-13-6-7-16-34(28)41-36(29)35)21-33-27(14-10-19-39(32)23-24)25-11-4-5-12-26(25)31-15-8-9-20-40(31)33/h4-5,8-12,15,17-20,22-23,27,33H,6-7,13-14,16,21H2,1-3H3/q+2/b19-10+. The van der Waals surface area contributed by atoms with E-state index in [4.69, 9.17) is 9.40 Å². The average molecular weight is 540 g/mol. The summed E-state index contributed by atoms with van der Waals surface area (Å²) >= 11 is 0. The first kappa shape index (κ1) is 24.7. The summed E-state index contributed by atoms with van der Waals surface area (Å²) in [6.07, 6.45) is 17.7. The summed E-state index contributed by atoms with van der Waals surface area (Å²) in [5, 5.41) is 1.20. The SMILES string of the molecule is CC(C)(C)c1ccc2[n+](c1)/C=C/CC1c3ccccc3-c3cccc[n+]3C1Cc1ncc3c4c(oc3c1-2)CCCC4. The fourth-order valence-electron chi connectivity index (χ4n) is 7.44. The van der Waals surface area contributed by atoms with Crippen LogP contribution in [-0.2, 0) is 24.7 Å². The fourth-order valence-corrected chi connectivity index (χ4v) is 7.44. The Bertz CT molecular complexity index is 1850. The van der Waals surface area contributed by atoms with Crippen molar-refractivity contribution >= 4 is 17.2 Å². The lowest BCUT2D eigenvalue weighted by molar-refractivity contribution is -0.718. The zero-order chi connectivity index (χ0) is 27.7. The maximum absolute atomic E-state index is 6.79. The Morgan fingerprint density at radius 3 is 2.68 bits per heavy atom. The highest BCUT2D eigenvalue weighted by atomic mass is 16.3. The number of rotatable bonds is 0. The number of aryl methyl sites for hydroxylation is 2. The summed E-state index contributed by atoms with van der Waals surface area (Å²) in [5.74, 6) is 1.50. The number of hydrogen-bond donors (Lipinski definition) is 0. The second-order valence-electron chi connectivity index (χ2n) is 13.1. The van der Waals surface area contributed by atoms with E-state index in [-0.39, 0.29) is 11.5 Å². The number of allylic oxidation sites excluding steroid dienone is 1. The van der Waals surface area contributed by atoms with Crippen LogP contribution in [0.2, 0.25) is 0 Å². The van der Waals surface area contributed by atoms with Gasteiger partial charge in [0.05, 0.1) is 18.0 Å². The first-order valence-corrected chi connectivity index (χ1v) is 15.2. The summed E-state index contributed by atoms with van der Waals surface area (Å²) < 4.78 is 11.6. The van der Waals surface area contributed by atoms with Crippen LogP contribution in [0.5, 0.6) is 0 Å². The maximum atomic E-state index is 6.79. The molecule has 2 aliphatic heterocycles. The molecule has 0 saturated carbocycles. The van der Waals surface area contributed by atoms with E-state index in [0.29, 0.717) is 5.92 Å². The van der Waals surface area contributed by atoms with Crippen molar-refractivity contribution < 1.29 is 13.6 Å². The van der Waals surface area contributed by atoms with E-state index in [9.17, 15) is 0 Å². The van der Waals surface area contributed by atoms with E-state index in [0.717, 1.165) is 54.0 Å². The van der Waals surface area contributed by atoms with Crippen LogP contribution >= 0.6 is 0 Å². The monoisotopic (exact) mass is 539 g/mol. The van der Waals surface area contributed by atoms with E-state index in [1.165, 1.54) is 46.2 Å². The van der Waals surface area contributed by atoms with E-state index >= 15 is 0 Å². The van der Waals surface area contributed by atoms with Crippen LogP contribution in [0.15, 0.2) is 83.7 Å². The lowest BCUT2D eigenvalue weighted by Gasteiger charge is -2.30. The van der Waals surface area contributed by atoms with Gasteiger partial charge in [0.25, 0.3) is 0 Å². The number of nitrogens with zero attached hydrogens (tertiary/aromatic N) is 3. The van der Waals surface area contributed by atoms with Gasteiger partial charge < -0.3 is 4.42 Å². The van der Waals surface area contributed by atoms with E-state index in [1.54, 1.807) is 0 Å². The third kappa shape index (κ3) is 3.91. The van der Waals surface area contributed by atoms with Crippen molar-refractivity contribution in [3.05, 3.63) is 107 Å². The van der Waals surface area contributed by atoms with Gasteiger partial charge in [-0.2, -0.15) is 9.13 Å². The zero-order valence-electron chi connectivity index (χ0n) is 24.2. The van der Waals surface area contributed by atoms with Crippen molar-refractivity contribution in [3.63, 3.8) is 0 Å². The molecule has 0 radical (unpaired) electrons. The van der Waals surface area contributed by atoms with Crippen LogP contribution < -0.4 is 9.13 Å². The maximum Gasteiger partial charge on any atom is 0.223 e. The molecule has 0 fully saturated rings. The Morgan fingerprint density at radius 2 is 1.78 bits per heavy atom. The van der Waals surface area contributed by atoms with Crippen LogP contribution in [-0.4, -0.2) is 4.98 Å². The normalized spacial score (nSPS) is 20.2. The number of fused-ring (bicyclic) bond motifs is 13. The molecule has 41 heavy (non-hydrogen) atoms. The first-order valence-electron chi connectivity index (χ1n) is 15.2. The largest absolute Gasteiger partial charge is 0.460 e. The Morgan fingerprint density at radius 1 is 0.927 bits per heavy atom. The first-order chi connectivity index (χ1) is 20.0. The molecule has 0 N–H and O–H groups in total. The van der Waals surface area contributed by atoms with Crippen LogP contribution in [0, 0.1) is 0 Å². The van der Waals surface area contributed by atoms with Gasteiger partial charge in [0, 0.05) is 52.9 Å². The van der Waals surface area contributed by atoms with Crippen LogP contribution in [0.1, 0.15) is 80.1 Å². The molecule has 4 nitrogen and oxygen atoms in total. The number of pyridine rings is 3.